The molecule has 3 rings (SSSR count). The molecule has 1 heterocycles. The minimum absolute atomic E-state index is 0.00759. The number of hydrogen-bond acceptors (Lipinski definition) is 6. The molecule has 0 radical (unpaired) electrons. The number of ether oxygens (including phenoxy) is 1. The maximum Gasteiger partial charge on any atom is 0.325 e. The van der Waals surface area contributed by atoms with E-state index in [1.54, 1.807) is 18.2 Å². The molecular weight excluding hydrogens is 378 g/mol. The highest BCUT2D eigenvalue weighted by atomic mass is 32.2. The predicted molar refractivity (Wildman–Crippen MR) is 108 cm³/mol. The predicted octanol–water partition coefficient (Wildman–Crippen LogP) is 2.08. The minimum Gasteiger partial charge on any atom is -0.468 e. The molecule has 0 saturated carbocycles. The number of aryl methyl sites for hydroxylation is 1. The summed E-state index contributed by atoms with van der Waals surface area (Å²) >= 11 is 1.13. The van der Waals surface area contributed by atoms with E-state index < -0.39 is 5.97 Å². The van der Waals surface area contributed by atoms with Crippen LogP contribution in [0, 0.1) is 6.92 Å². The second-order valence-electron chi connectivity index (χ2n) is 5.98. The number of aromatic nitrogens is 2. The minimum atomic E-state index is -0.529. The topological polar surface area (TPSA) is 90.3 Å². The Morgan fingerprint density at radius 3 is 2.61 bits per heavy atom. The summed E-state index contributed by atoms with van der Waals surface area (Å²) in [4.78, 5) is 40.9. The molecule has 0 aliphatic rings. The zero-order valence-corrected chi connectivity index (χ0v) is 16.3. The number of carbonyl (C=O) groups is 2. The number of amides is 1. The first-order valence-corrected chi connectivity index (χ1v) is 9.54. The molecule has 28 heavy (non-hydrogen) atoms. The maximum absolute atomic E-state index is 13.1. The number of rotatable bonds is 6. The standard InChI is InChI=1S/C20H19N3O4S/c1-13-7-3-6-10-16(13)23-19(26)14-8-4-5-9-15(14)22-20(23)28-12-17(24)21-11-18(25)27-2/h3-10H,11-12H2,1-2H3,(H,21,24). The number of hydrogen-bond donors (Lipinski definition) is 1. The van der Waals surface area contributed by atoms with E-state index in [0.717, 1.165) is 17.3 Å². The Bertz CT molecular complexity index is 1090. The molecule has 1 amide bonds. The summed E-state index contributed by atoms with van der Waals surface area (Å²) in [6.07, 6.45) is 0. The van der Waals surface area contributed by atoms with Gasteiger partial charge in [0, 0.05) is 0 Å². The van der Waals surface area contributed by atoms with Crippen LogP contribution < -0.4 is 10.9 Å². The van der Waals surface area contributed by atoms with Crippen LogP contribution >= 0.6 is 11.8 Å². The van der Waals surface area contributed by atoms with Crippen LogP contribution in [0.4, 0.5) is 0 Å². The number of carbonyl (C=O) groups excluding carboxylic acids is 2. The van der Waals surface area contributed by atoms with Gasteiger partial charge < -0.3 is 10.1 Å². The molecule has 1 aromatic heterocycles. The molecule has 0 saturated heterocycles. The Hall–Kier alpha value is -3.13. The van der Waals surface area contributed by atoms with Crippen molar-refractivity contribution < 1.29 is 14.3 Å². The first-order chi connectivity index (χ1) is 13.5. The van der Waals surface area contributed by atoms with Gasteiger partial charge in [-0.25, -0.2) is 4.98 Å². The third-order valence-corrected chi connectivity index (χ3v) is 5.03. The van der Waals surface area contributed by atoms with Crippen molar-refractivity contribution in [3.8, 4) is 5.69 Å². The van der Waals surface area contributed by atoms with E-state index in [1.807, 2.05) is 37.3 Å². The molecule has 0 spiro atoms. The van der Waals surface area contributed by atoms with Gasteiger partial charge in [-0.3, -0.25) is 19.0 Å². The highest BCUT2D eigenvalue weighted by Gasteiger charge is 2.16. The summed E-state index contributed by atoms with van der Waals surface area (Å²) in [5, 5.41) is 3.39. The van der Waals surface area contributed by atoms with Gasteiger partial charge in [-0.15, -0.1) is 0 Å². The van der Waals surface area contributed by atoms with Crippen LogP contribution in [0.15, 0.2) is 58.5 Å². The van der Waals surface area contributed by atoms with Gasteiger partial charge in [0.15, 0.2) is 5.16 Å². The van der Waals surface area contributed by atoms with Crippen LogP contribution in [0.2, 0.25) is 0 Å². The SMILES string of the molecule is COC(=O)CNC(=O)CSc1nc2ccccc2c(=O)n1-c1ccccc1C. The van der Waals surface area contributed by atoms with Gasteiger partial charge in [-0.05, 0) is 30.7 Å². The van der Waals surface area contributed by atoms with E-state index in [0.29, 0.717) is 21.7 Å². The molecule has 0 atom stereocenters. The fourth-order valence-electron chi connectivity index (χ4n) is 2.66. The maximum atomic E-state index is 13.1. The van der Waals surface area contributed by atoms with Crippen LogP contribution in [-0.4, -0.2) is 40.8 Å². The number of nitrogens with one attached hydrogen (secondary N) is 1. The molecule has 0 unspecified atom stereocenters. The molecule has 2 aromatic carbocycles. The summed E-state index contributed by atoms with van der Waals surface area (Å²) in [5.74, 6) is -0.874. The lowest BCUT2D eigenvalue weighted by molar-refractivity contribution is -0.140. The second-order valence-corrected chi connectivity index (χ2v) is 6.92. The van der Waals surface area contributed by atoms with Gasteiger partial charge >= 0.3 is 5.97 Å². The Labute approximate surface area is 165 Å². The van der Waals surface area contributed by atoms with Gasteiger partial charge in [0.25, 0.3) is 5.56 Å². The van der Waals surface area contributed by atoms with Crippen molar-refractivity contribution in [1.29, 1.82) is 0 Å². The van der Waals surface area contributed by atoms with E-state index in [1.165, 1.54) is 11.7 Å². The zero-order valence-electron chi connectivity index (χ0n) is 15.5. The Balaban J connectivity index is 1.98. The van der Waals surface area contributed by atoms with Crippen molar-refractivity contribution in [2.45, 2.75) is 12.1 Å². The van der Waals surface area contributed by atoms with Gasteiger partial charge in [0.1, 0.15) is 6.54 Å². The van der Waals surface area contributed by atoms with E-state index in [4.69, 9.17) is 0 Å². The van der Waals surface area contributed by atoms with E-state index >= 15 is 0 Å². The van der Waals surface area contributed by atoms with Crippen molar-refractivity contribution >= 4 is 34.5 Å². The first kappa shape index (κ1) is 19.6. The van der Waals surface area contributed by atoms with Crippen LogP contribution in [0.25, 0.3) is 16.6 Å². The quantitative estimate of drug-likeness (QED) is 0.389. The summed E-state index contributed by atoms with van der Waals surface area (Å²) in [7, 11) is 1.25. The number of benzene rings is 2. The molecule has 3 aromatic rings. The molecular formula is C20H19N3O4S. The average Bonchev–Trinajstić information content (AvgIpc) is 2.71. The molecule has 0 aliphatic heterocycles. The molecule has 144 valence electrons. The van der Waals surface area contributed by atoms with Crippen LogP contribution in [-0.2, 0) is 14.3 Å². The van der Waals surface area contributed by atoms with Crippen LogP contribution in [0.3, 0.4) is 0 Å². The van der Waals surface area contributed by atoms with E-state index in [-0.39, 0.29) is 23.8 Å². The lowest BCUT2D eigenvalue weighted by Gasteiger charge is -2.15. The van der Waals surface area contributed by atoms with Gasteiger partial charge in [0.05, 0.1) is 29.5 Å². The largest absolute Gasteiger partial charge is 0.468 e. The normalized spacial score (nSPS) is 10.6. The molecule has 0 aliphatic carbocycles. The monoisotopic (exact) mass is 397 g/mol. The van der Waals surface area contributed by atoms with E-state index in [2.05, 4.69) is 15.0 Å². The van der Waals surface area contributed by atoms with E-state index in [9.17, 15) is 14.4 Å². The summed E-state index contributed by atoms with van der Waals surface area (Å²) in [6.45, 7) is 1.71. The summed E-state index contributed by atoms with van der Waals surface area (Å²) < 4.78 is 6.02. The molecule has 1 N–H and O–H groups in total. The smallest absolute Gasteiger partial charge is 0.325 e. The number of nitrogens with zero attached hydrogens (tertiary/aromatic N) is 2. The lowest BCUT2D eigenvalue weighted by Crippen LogP contribution is -2.31. The highest BCUT2D eigenvalue weighted by molar-refractivity contribution is 7.99. The molecule has 0 bridgehead atoms. The third-order valence-electron chi connectivity index (χ3n) is 4.09. The number of methoxy groups -OCH3 is 1. The molecule has 7 nitrogen and oxygen atoms in total. The average molecular weight is 397 g/mol. The Morgan fingerprint density at radius 1 is 1.14 bits per heavy atom. The van der Waals surface area contributed by atoms with Gasteiger partial charge in [-0.1, -0.05) is 42.1 Å². The van der Waals surface area contributed by atoms with Gasteiger partial charge in [0.2, 0.25) is 5.91 Å². The zero-order chi connectivity index (χ0) is 20.1. The highest BCUT2D eigenvalue weighted by Crippen LogP contribution is 2.22. The lowest BCUT2D eigenvalue weighted by atomic mass is 10.2. The fourth-order valence-corrected chi connectivity index (χ4v) is 3.50. The summed E-state index contributed by atoms with van der Waals surface area (Å²) in [6, 6.07) is 14.6. The number of esters is 1. The summed E-state index contributed by atoms with van der Waals surface area (Å²) in [5.41, 5.74) is 1.99. The van der Waals surface area contributed by atoms with Crippen LogP contribution in [0.5, 0.6) is 0 Å². The Morgan fingerprint density at radius 2 is 1.86 bits per heavy atom. The molecule has 8 heteroatoms. The molecule has 0 fully saturated rings. The van der Waals surface area contributed by atoms with Gasteiger partial charge in [-0.2, -0.15) is 0 Å². The fraction of sp³-hybridized carbons (Fsp3) is 0.200. The van der Waals surface area contributed by atoms with Crippen LogP contribution in [0.1, 0.15) is 5.56 Å². The third kappa shape index (κ3) is 4.23. The van der Waals surface area contributed by atoms with Crippen molar-refractivity contribution in [3.63, 3.8) is 0 Å². The number of para-hydroxylation sites is 2. The first-order valence-electron chi connectivity index (χ1n) is 8.55. The van der Waals surface area contributed by atoms with Crippen molar-refractivity contribution in [3.05, 3.63) is 64.4 Å². The number of thioether (sulfide) groups is 1. The van der Waals surface area contributed by atoms with Crippen molar-refractivity contribution in [1.82, 2.24) is 14.9 Å². The Kier molecular flexibility index (Phi) is 6.10. The van der Waals surface area contributed by atoms with Crippen molar-refractivity contribution in [2.24, 2.45) is 0 Å². The van der Waals surface area contributed by atoms with Crippen molar-refractivity contribution in [2.75, 3.05) is 19.4 Å². The second kappa shape index (κ2) is 8.71. The number of fused-ring (bicyclic) bond motifs is 1.